The molecule has 1 aromatic heterocycles. The molecule has 1 atom stereocenters. The summed E-state index contributed by atoms with van der Waals surface area (Å²) in [6.45, 7) is 0.316. The van der Waals surface area contributed by atoms with Crippen molar-refractivity contribution < 1.29 is 14.7 Å². The molecule has 0 bridgehead atoms. The fourth-order valence-corrected chi connectivity index (χ4v) is 2.52. The van der Waals surface area contributed by atoms with E-state index in [4.69, 9.17) is 10.8 Å². The van der Waals surface area contributed by atoms with Crippen molar-refractivity contribution in [1.82, 2.24) is 14.9 Å². The lowest BCUT2D eigenvalue weighted by molar-refractivity contribution is -0.142. The molecule has 2 aromatic rings. The molecule has 0 spiro atoms. The number of nitrogens with zero attached hydrogens (tertiary/aromatic N) is 3. The van der Waals surface area contributed by atoms with Crippen LogP contribution in [0.5, 0.6) is 0 Å². The van der Waals surface area contributed by atoms with Crippen LogP contribution in [0.2, 0.25) is 0 Å². The summed E-state index contributed by atoms with van der Waals surface area (Å²) >= 11 is 0. The van der Waals surface area contributed by atoms with Gasteiger partial charge in [0.2, 0.25) is 0 Å². The molecule has 0 radical (unpaired) electrons. The Morgan fingerprint density at radius 2 is 2.05 bits per heavy atom. The van der Waals surface area contributed by atoms with Crippen LogP contribution in [0.1, 0.15) is 16.8 Å². The van der Waals surface area contributed by atoms with E-state index in [1.807, 2.05) is 0 Å². The van der Waals surface area contributed by atoms with Crippen LogP contribution in [0.25, 0.3) is 11.0 Å². The first-order valence-electron chi connectivity index (χ1n) is 6.52. The molecule has 3 rings (SSSR count). The molecule has 1 aliphatic rings. The average molecular weight is 286 g/mol. The lowest BCUT2D eigenvalue weighted by atomic mass is 10.0. The Hall–Kier alpha value is -2.54. The van der Waals surface area contributed by atoms with Crippen LogP contribution >= 0.6 is 0 Å². The van der Waals surface area contributed by atoms with Crippen molar-refractivity contribution in [1.29, 1.82) is 0 Å². The molecule has 3 N–H and O–H groups in total. The summed E-state index contributed by atoms with van der Waals surface area (Å²) in [4.78, 5) is 33.5. The van der Waals surface area contributed by atoms with E-state index >= 15 is 0 Å². The first kappa shape index (κ1) is 13.4. The Bertz CT molecular complexity index is 728. The second kappa shape index (κ2) is 4.78. The Morgan fingerprint density at radius 1 is 1.29 bits per heavy atom. The van der Waals surface area contributed by atoms with Crippen LogP contribution in [0.4, 0.5) is 0 Å². The number of carbonyl (C=O) groups is 2. The van der Waals surface area contributed by atoms with Crippen molar-refractivity contribution in [3.63, 3.8) is 0 Å². The van der Waals surface area contributed by atoms with E-state index in [0.717, 1.165) is 0 Å². The monoisotopic (exact) mass is 286 g/mol. The Balaban J connectivity index is 1.94. The van der Waals surface area contributed by atoms with Gasteiger partial charge in [0.1, 0.15) is 11.1 Å². The van der Waals surface area contributed by atoms with Crippen molar-refractivity contribution in [2.45, 2.75) is 12.0 Å². The molecule has 1 saturated heterocycles. The molecule has 2 heterocycles. The van der Waals surface area contributed by atoms with Gasteiger partial charge >= 0.3 is 5.97 Å². The second-order valence-electron chi connectivity index (χ2n) is 5.17. The molecule has 1 fully saturated rings. The first-order valence-corrected chi connectivity index (χ1v) is 6.52. The Kier molecular flexibility index (Phi) is 3.06. The predicted octanol–water partition coefficient (Wildman–Crippen LogP) is 0.258. The molecule has 1 amide bonds. The van der Waals surface area contributed by atoms with Crippen LogP contribution in [-0.4, -0.2) is 50.5 Å². The summed E-state index contributed by atoms with van der Waals surface area (Å²) in [5, 5.41) is 9.13. The normalized spacial score (nSPS) is 21.7. The van der Waals surface area contributed by atoms with Gasteiger partial charge in [-0.25, -0.2) is 0 Å². The first-order chi connectivity index (χ1) is 10.0. The van der Waals surface area contributed by atoms with Gasteiger partial charge in [-0.2, -0.15) is 0 Å². The number of hydrogen-bond donors (Lipinski definition) is 2. The minimum atomic E-state index is -1.37. The SMILES string of the molecule is NC1(C(=O)O)CCN(C(=O)c2cccc3nccnc23)C1. The van der Waals surface area contributed by atoms with E-state index in [1.165, 1.54) is 11.1 Å². The fraction of sp³-hybridized carbons (Fsp3) is 0.286. The van der Waals surface area contributed by atoms with Crippen LogP contribution in [0.3, 0.4) is 0 Å². The van der Waals surface area contributed by atoms with Gasteiger partial charge in [0.25, 0.3) is 5.91 Å². The van der Waals surface area contributed by atoms with E-state index in [0.29, 0.717) is 23.1 Å². The van der Waals surface area contributed by atoms with Gasteiger partial charge in [-0.05, 0) is 18.6 Å². The number of carboxylic acids is 1. The fourth-order valence-electron chi connectivity index (χ4n) is 2.52. The number of aromatic nitrogens is 2. The summed E-state index contributed by atoms with van der Waals surface area (Å²) < 4.78 is 0. The van der Waals surface area contributed by atoms with Gasteiger partial charge in [-0.15, -0.1) is 0 Å². The van der Waals surface area contributed by atoms with Gasteiger partial charge in [-0.3, -0.25) is 19.6 Å². The largest absolute Gasteiger partial charge is 0.480 e. The lowest BCUT2D eigenvalue weighted by Gasteiger charge is -2.20. The maximum atomic E-state index is 12.6. The molecule has 0 aliphatic carbocycles. The van der Waals surface area contributed by atoms with Crippen LogP contribution in [0.15, 0.2) is 30.6 Å². The molecule has 7 nitrogen and oxygen atoms in total. The summed E-state index contributed by atoms with van der Waals surface area (Å²) in [7, 11) is 0. The Labute approximate surface area is 120 Å². The number of hydrogen-bond acceptors (Lipinski definition) is 5. The van der Waals surface area contributed by atoms with Crippen molar-refractivity contribution in [3.05, 3.63) is 36.2 Å². The number of aliphatic carboxylic acids is 1. The number of para-hydroxylation sites is 1. The number of rotatable bonds is 2. The van der Waals surface area contributed by atoms with Crippen LogP contribution in [-0.2, 0) is 4.79 Å². The van der Waals surface area contributed by atoms with Crippen molar-refractivity contribution in [2.24, 2.45) is 5.73 Å². The molecular weight excluding hydrogens is 272 g/mol. The number of amides is 1. The van der Waals surface area contributed by atoms with E-state index in [1.54, 1.807) is 24.4 Å². The maximum Gasteiger partial charge on any atom is 0.325 e. The minimum absolute atomic E-state index is 0.00217. The Morgan fingerprint density at radius 3 is 2.76 bits per heavy atom. The molecule has 7 heteroatoms. The molecular formula is C14H14N4O3. The second-order valence-corrected chi connectivity index (χ2v) is 5.17. The van der Waals surface area contributed by atoms with Gasteiger partial charge < -0.3 is 15.7 Å². The summed E-state index contributed by atoms with van der Waals surface area (Å²) in [5.74, 6) is -1.36. The van der Waals surface area contributed by atoms with Crippen LogP contribution in [0, 0.1) is 0 Å². The molecule has 108 valence electrons. The number of carbonyl (C=O) groups excluding carboxylic acids is 1. The highest BCUT2D eigenvalue weighted by atomic mass is 16.4. The molecule has 1 aromatic carbocycles. The topological polar surface area (TPSA) is 109 Å². The number of nitrogens with two attached hydrogens (primary N) is 1. The zero-order chi connectivity index (χ0) is 15.0. The van der Waals surface area contributed by atoms with Gasteiger partial charge in [-0.1, -0.05) is 6.07 Å². The highest BCUT2D eigenvalue weighted by molar-refractivity contribution is 6.05. The van der Waals surface area contributed by atoms with Crippen LogP contribution < -0.4 is 5.73 Å². The summed E-state index contributed by atoms with van der Waals surface area (Å²) in [5.41, 5.74) is 5.98. The van der Waals surface area contributed by atoms with Crippen molar-refractivity contribution in [3.8, 4) is 0 Å². The molecule has 0 saturated carbocycles. The minimum Gasteiger partial charge on any atom is -0.480 e. The molecule has 1 unspecified atom stereocenters. The summed E-state index contributed by atoms with van der Waals surface area (Å²) in [6.07, 6.45) is 3.32. The van der Waals surface area contributed by atoms with Gasteiger partial charge in [0, 0.05) is 25.5 Å². The molecule has 21 heavy (non-hydrogen) atoms. The number of fused-ring (bicyclic) bond motifs is 1. The van der Waals surface area contributed by atoms with E-state index < -0.39 is 11.5 Å². The van der Waals surface area contributed by atoms with E-state index in [-0.39, 0.29) is 18.9 Å². The van der Waals surface area contributed by atoms with E-state index in [9.17, 15) is 9.59 Å². The number of likely N-dealkylation sites (tertiary alicyclic amines) is 1. The standard InChI is InChI=1S/C14H14N4O3/c15-14(13(20)21)4-7-18(8-14)12(19)9-2-1-3-10-11(9)17-6-5-16-10/h1-3,5-6H,4,7-8,15H2,(H,20,21). The third-order valence-electron chi connectivity index (χ3n) is 3.74. The third-order valence-corrected chi connectivity index (χ3v) is 3.74. The molecule has 1 aliphatic heterocycles. The average Bonchev–Trinajstić information content (AvgIpc) is 2.90. The van der Waals surface area contributed by atoms with E-state index in [2.05, 4.69) is 9.97 Å². The highest BCUT2D eigenvalue weighted by Crippen LogP contribution is 2.23. The highest BCUT2D eigenvalue weighted by Gasteiger charge is 2.43. The lowest BCUT2D eigenvalue weighted by Crippen LogP contribution is -2.50. The van der Waals surface area contributed by atoms with Gasteiger partial charge in [0.05, 0.1) is 11.1 Å². The smallest absolute Gasteiger partial charge is 0.325 e. The number of benzene rings is 1. The zero-order valence-corrected chi connectivity index (χ0v) is 11.2. The maximum absolute atomic E-state index is 12.6. The predicted molar refractivity (Wildman–Crippen MR) is 74.6 cm³/mol. The zero-order valence-electron chi connectivity index (χ0n) is 11.2. The summed E-state index contributed by atoms with van der Waals surface area (Å²) in [6, 6.07) is 5.16. The van der Waals surface area contributed by atoms with Crippen molar-refractivity contribution >= 4 is 22.9 Å². The quantitative estimate of drug-likeness (QED) is 0.819. The van der Waals surface area contributed by atoms with Gasteiger partial charge in [0.15, 0.2) is 0 Å². The van der Waals surface area contributed by atoms with Crippen molar-refractivity contribution in [2.75, 3.05) is 13.1 Å². The third kappa shape index (κ3) is 2.21. The number of carboxylic acid groups (broad SMARTS) is 1.